The molecule has 0 spiro atoms. The number of nitrogens with one attached hydrogen (secondary N) is 1. The van der Waals surface area contributed by atoms with Crippen LogP contribution in [0.5, 0.6) is 5.75 Å². The minimum absolute atomic E-state index is 0.0248. The molecule has 124 valence electrons. The molecule has 0 aliphatic rings. The van der Waals surface area contributed by atoms with Gasteiger partial charge in [-0.2, -0.15) is 0 Å². The average Bonchev–Trinajstić information content (AvgIpc) is 2.55. The van der Waals surface area contributed by atoms with E-state index >= 15 is 0 Å². The summed E-state index contributed by atoms with van der Waals surface area (Å²) in [6, 6.07) is 11.5. The van der Waals surface area contributed by atoms with Gasteiger partial charge in [0, 0.05) is 11.3 Å². The smallest absolute Gasteiger partial charge is 0.338 e. The van der Waals surface area contributed by atoms with Crippen LogP contribution in [0.1, 0.15) is 27.6 Å². The average molecular weight is 328 g/mol. The maximum Gasteiger partial charge on any atom is 0.338 e. The fraction of sp³-hybridized carbons (Fsp3) is 0.118. The maximum atomic E-state index is 12.0. The number of hydrogen-bond donors (Lipinski definition) is 3. The first kappa shape index (κ1) is 17.0. The molecule has 4 N–H and O–H groups in total. The van der Waals surface area contributed by atoms with Crippen LogP contribution in [0.2, 0.25) is 0 Å². The van der Waals surface area contributed by atoms with E-state index in [1.807, 2.05) is 0 Å². The summed E-state index contributed by atoms with van der Waals surface area (Å²) in [6.07, 6.45) is -1.03. The first-order valence-corrected chi connectivity index (χ1v) is 7.07. The zero-order valence-corrected chi connectivity index (χ0v) is 12.9. The van der Waals surface area contributed by atoms with Crippen molar-refractivity contribution >= 4 is 23.5 Å². The van der Waals surface area contributed by atoms with E-state index in [1.54, 1.807) is 0 Å². The largest absolute Gasteiger partial charge is 0.508 e. The summed E-state index contributed by atoms with van der Waals surface area (Å²) in [5.41, 5.74) is 6.12. The van der Waals surface area contributed by atoms with E-state index in [4.69, 9.17) is 10.5 Å². The van der Waals surface area contributed by atoms with Gasteiger partial charge in [-0.15, -0.1) is 0 Å². The second-order valence-corrected chi connectivity index (χ2v) is 5.03. The molecule has 0 saturated heterocycles. The Morgan fingerprint density at radius 3 is 2.08 bits per heavy atom. The predicted molar refractivity (Wildman–Crippen MR) is 86.6 cm³/mol. The molecule has 2 aromatic rings. The van der Waals surface area contributed by atoms with Crippen LogP contribution in [0.4, 0.5) is 5.69 Å². The first-order valence-electron chi connectivity index (χ1n) is 7.07. The van der Waals surface area contributed by atoms with Crippen molar-refractivity contribution in [1.29, 1.82) is 0 Å². The minimum Gasteiger partial charge on any atom is -0.508 e. The summed E-state index contributed by atoms with van der Waals surface area (Å²) in [5, 5.41) is 11.7. The van der Waals surface area contributed by atoms with Gasteiger partial charge in [0.05, 0.1) is 5.56 Å². The molecule has 7 heteroatoms. The lowest BCUT2D eigenvalue weighted by atomic mass is 10.2. The number of primary amides is 1. The molecule has 0 unspecified atom stereocenters. The van der Waals surface area contributed by atoms with Crippen molar-refractivity contribution < 1.29 is 24.2 Å². The van der Waals surface area contributed by atoms with E-state index in [-0.39, 0.29) is 11.3 Å². The number of aromatic hydroxyl groups is 1. The minimum atomic E-state index is -1.03. The van der Waals surface area contributed by atoms with Crippen LogP contribution in [0.25, 0.3) is 0 Å². The topological polar surface area (TPSA) is 119 Å². The summed E-state index contributed by atoms with van der Waals surface area (Å²) in [5.74, 6) is -1.74. The van der Waals surface area contributed by atoms with Crippen molar-refractivity contribution in [3.05, 3.63) is 59.7 Å². The number of amides is 2. The SMILES string of the molecule is C[C@H](OC(=O)c1ccc(O)cc1)C(=O)Nc1ccc(C(N)=O)cc1. The van der Waals surface area contributed by atoms with E-state index in [2.05, 4.69) is 5.32 Å². The fourth-order valence-corrected chi connectivity index (χ4v) is 1.84. The Hall–Kier alpha value is -3.35. The molecule has 2 amide bonds. The van der Waals surface area contributed by atoms with Crippen molar-refractivity contribution in [3.63, 3.8) is 0 Å². The first-order chi connectivity index (χ1) is 11.4. The highest BCUT2D eigenvalue weighted by atomic mass is 16.5. The van der Waals surface area contributed by atoms with Gasteiger partial charge in [-0.3, -0.25) is 9.59 Å². The third-order valence-electron chi connectivity index (χ3n) is 3.19. The van der Waals surface area contributed by atoms with Crippen LogP contribution in [-0.4, -0.2) is 29.0 Å². The summed E-state index contributed by atoms with van der Waals surface area (Å²) in [7, 11) is 0. The highest BCUT2D eigenvalue weighted by Gasteiger charge is 2.19. The van der Waals surface area contributed by atoms with E-state index in [9.17, 15) is 19.5 Å². The number of hydrogen-bond acceptors (Lipinski definition) is 5. The van der Waals surface area contributed by atoms with Gasteiger partial charge in [-0.25, -0.2) is 4.79 Å². The highest BCUT2D eigenvalue weighted by molar-refractivity contribution is 5.98. The van der Waals surface area contributed by atoms with Gasteiger partial charge in [0.2, 0.25) is 5.91 Å². The molecule has 2 rings (SSSR count). The van der Waals surface area contributed by atoms with E-state index in [0.29, 0.717) is 11.3 Å². The maximum absolute atomic E-state index is 12.0. The lowest BCUT2D eigenvalue weighted by Crippen LogP contribution is -2.30. The number of ether oxygens (including phenoxy) is 1. The number of carbonyl (C=O) groups is 3. The molecule has 0 radical (unpaired) electrons. The monoisotopic (exact) mass is 328 g/mol. The van der Waals surface area contributed by atoms with Gasteiger partial charge < -0.3 is 20.9 Å². The third-order valence-corrected chi connectivity index (χ3v) is 3.19. The molecule has 0 aliphatic heterocycles. The van der Waals surface area contributed by atoms with Crippen LogP contribution in [0, 0.1) is 0 Å². The van der Waals surface area contributed by atoms with Crippen LogP contribution in [-0.2, 0) is 9.53 Å². The van der Waals surface area contributed by atoms with Crippen LogP contribution in [0.3, 0.4) is 0 Å². The Kier molecular flexibility index (Phi) is 5.16. The molecular weight excluding hydrogens is 312 g/mol. The number of esters is 1. The predicted octanol–water partition coefficient (Wildman–Crippen LogP) is 1.68. The quantitative estimate of drug-likeness (QED) is 0.721. The number of rotatable bonds is 5. The second kappa shape index (κ2) is 7.28. The Morgan fingerprint density at radius 1 is 1.00 bits per heavy atom. The lowest BCUT2D eigenvalue weighted by molar-refractivity contribution is -0.123. The van der Waals surface area contributed by atoms with Crippen molar-refractivity contribution in [1.82, 2.24) is 0 Å². The Morgan fingerprint density at radius 2 is 1.54 bits per heavy atom. The Balaban J connectivity index is 1.95. The third kappa shape index (κ3) is 4.33. The molecule has 0 saturated carbocycles. The van der Waals surface area contributed by atoms with E-state index in [0.717, 1.165) is 0 Å². The summed E-state index contributed by atoms with van der Waals surface area (Å²) >= 11 is 0. The van der Waals surface area contributed by atoms with Crippen LogP contribution in [0.15, 0.2) is 48.5 Å². The molecule has 0 aromatic heterocycles. The number of phenols is 1. The second-order valence-electron chi connectivity index (χ2n) is 5.03. The number of benzene rings is 2. The van der Waals surface area contributed by atoms with Gasteiger partial charge in [-0.1, -0.05) is 0 Å². The molecule has 7 nitrogen and oxygen atoms in total. The molecule has 0 fully saturated rings. The van der Waals surface area contributed by atoms with Crippen molar-refractivity contribution in [3.8, 4) is 5.75 Å². The fourth-order valence-electron chi connectivity index (χ4n) is 1.84. The van der Waals surface area contributed by atoms with Gasteiger partial charge in [0.25, 0.3) is 5.91 Å². The zero-order chi connectivity index (χ0) is 17.7. The Labute approximate surface area is 138 Å². The van der Waals surface area contributed by atoms with Crippen LogP contribution < -0.4 is 11.1 Å². The number of carbonyl (C=O) groups excluding carboxylic acids is 3. The van der Waals surface area contributed by atoms with Crippen molar-refractivity contribution in [2.45, 2.75) is 13.0 Å². The van der Waals surface area contributed by atoms with E-state index in [1.165, 1.54) is 55.5 Å². The van der Waals surface area contributed by atoms with Gasteiger partial charge in [0.15, 0.2) is 6.10 Å². The van der Waals surface area contributed by atoms with Crippen molar-refractivity contribution in [2.24, 2.45) is 5.73 Å². The summed E-state index contributed by atoms with van der Waals surface area (Å²) in [6.45, 7) is 1.44. The van der Waals surface area contributed by atoms with E-state index < -0.39 is 23.9 Å². The Bertz CT molecular complexity index is 754. The standard InChI is InChI=1S/C17H16N2O5/c1-10(24-17(23)12-4-8-14(20)9-5-12)16(22)19-13-6-2-11(3-7-13)15(18)21/h2-10,20H,1H3,(H2,18,21)(H,19,22)/t10-/m0/s1. The van der Waals surface area contributed by atoms with Gasteiger partial charge in [-0.05, 0) is 55.5 Å². The van der Waals surface area contributed by atoms with Crippen LogP contribution >= 0.6 is 0 Å². The summed E-state index contributed by atoms with van der Waals surface area (Å²) < 4.78 is 5.07. The summed E-state index contributed by atoms with van der Waals surface area (Å²) in [4.78, 5) is 34.9. The molecular formula is C17H16N2O5. The number of nitrogens with two attached hydrogens (primary N) is 1. The number of anilines is 1. The van der Waals surface area contributed by atoms with Gasteiger partial charge >= 0.3 is 5.97 Å². The van der Waals surface area contributed by atoms with Gasteiger partial charge in [0.1, 0.15) is 5.75 Å². The normalized spacial score (nSPS) is 11.4. The zero-order valence-electron chi connectivity index (χ0n) is 12.9. The molecule has 0 aliphatic carbocycles. The molecule has 2 aromatic carbocycles. The lowest BCUT2D eigenvalue weighted by Gasteiger charge is -2.13. The highest BCUT2D eigenvalue weighted by Crippen LogP contribution is 2.13. The molecule has 0 heterocycles. The number of phenolic OH excluding ortho intramolecular Hbond substituents is 1. The molecule has 1 atom stereocenters. The molecule has 24 heavy (non-hydrogen) atoms. The van der Waals surface area contributed by atoms with Crippen molar-refractivity contribution in [2.75, 3.05) is 5.32 Å². The molecule has 0 bridgehead atoms.